The first-order valence-corrected chi connectivity index (χ1v) is 6.29. The second-order valence-electron chi connectivity index (χ2n) is 4.58. The number of carbonyl (C=O) groups excluding carboxylic acids is 2. The molecule has 7 heteroatoms. The van der Waals surface area contributed by atoms with Crippen molar-refractivity contribution in [3.8, 4) is 0 Å². The first-order chi connectivity index (χ1) is 9.79. The fourth-order valence-electron chi connectivity index (χ4n) is 2.17. The van der Waals surface area contributed by atoms with E-state index in [4.69, 9.17) is 0 Å². The summed E-state index contributed by atoms with van der Waals surface area (Å²) >= 11 is 0. The van der Waals surface area contributed by atoms with Gasteiger partial charge in [0.25, 0.3) is 5.69 Å². The lowest BCUT2D eigenvalue weighted by atomic mass is 9.80. The van der Waals surface area contributed by atoms with Gasteiger partial charge in [-0.3, -0.25) is 24.5 Å². The molecule has 112 valence electrons. The van der Waals surface area contributed by atoms with Gasteiger partial charge in [0, 0.05) is 18.6 Å². The number of hydrogen-bond acceptors (Lipinski definition) is 5. The molecule has 0 spiro atoms. The van der Waals surface area contributed by atoms with Crippen LogP contribution >= 0.6 is 0 Å². The number of carboxylic acid groups (broad SMARTS) is 1. The zero-order valence-electron chi connectivity index (χ0n) is 11.6. The summed E-state index contributed by atoms with van der Waals surface area (Å²) in [5, 5.41) is 20.0. The van der Waals surface area contributed by atoms with Crippen LogP contribution in [0.1, 0.15) is 31.7 Å². The number of carbonyl (C=O) groups is 3. The second-order valence-corrected chi connectivity index (χ2v) is 4.58. The predicted molar refractivity (Wildman–Crippen MR) is 72.9 cm³/mol. The maximum absolute atomic E-state index is 12.1. The molecule has 1 N–H and O–H groups in total. The lowest BCUT2D eigenvalue weighted by molar-refractivity contribution is -0.384. The van der Waals surface area contributed by atoms with Crippen molar-refractivity contribution in [1.29, 1.82) is 0 Å². The van der Waals surface area contributed by atoms with E-state index in [1.165, 1.54) is 18.2 Å². The minimum absolute atomic E-state index is 0.0322. The molecule has 0 bridgehead atoms. The van der Waals surface area contributed by atoms with Gasteiger partial charge < -0.3 is 5.11 Å². The van der Waals surface area contributed by atoms with Crippen LogP contribution in [0.3, 0.4) is 0 Å². The number of aliphatic carboxylic acids is 1. The Balaban J connectivity index is 3.41. The zero-order chi connectivity index (χ0) is 16.2. The standard InChI is InChI=1S/C14H15NO6/c1-3-11(17)13(12(8(2)16)14(18)19)9-5-4-6-10(7-9)15(20)21/h4-7,12-13H,3H2,1-2H3,(H,18,19). The molecule has 2 atom stereocenters. The first-order valence-electron chi connectivity index (χ1n) is 6.29. The maximum atomic E-state index is 12.1. The van der Waals surface area contributed by atoms with Crippen molar-refractivity contribution in [2.45, 2.75) is 26.2 Å². The van der Waals surface area contributed by atoms with Crippen molar-refractivity contribution in [1.82, 2.24) is 0 Å². The van der Waals surface area contributed by atoms with Crippen LogP contribution in [0.5, 0.6) is 0 Å². The molecule has 1 aromatic carbocycles. The highest BCUT2D eigenvalue weighted by Gasteiger charge is 2.37. The van der Waals surface area contributed by atoms with E-state index in [0.29, 0.717) is 0 Å². The van der Waals surface area contributed by atoms with Gasteiger partial charge in [-0.1, -0.05) is 19.1 Å². The number of ketones is 2. The molecule has 0 aliphatic carbocycles. The molecule has 0 heterocycles. The largest absolute Gasteiger partial charge is 0.481 e. The van der Waals surface area contributed by atoms with Crippen LogP contribution in [0.2, 0.25) is 0 Å². The number of nitrogens with zero attached hydrogens (tertiary/aromatic N) is 1. The number of non-ortho nitro benzene ring substituents is 1. The van der Waals surface area contributed by atoms with Gasteiger partial charge in [0.15, 0.2) is 0 Å². The van der Waals surface area contributed by atoms with E-state index >= 15 is 0 Å². The molecule has 0 aromatic heterocycles. The van der Waals surface area contributed by atoms with E-state index in [2.05, 4.69) is 0 Å². The average molecular weight is 293 g/mol. The molecule has 0 saturated carbocycles. The second kappa shape index (κ2) is 6.74. The van der Waals surface area contributed by atoms with Crippen LogP contribution in [0.4, 0.5) is 5.69 Å². The van der Waals surface area contributed by atoms with Crippen molar-refractivity contribution in [3.05, 3.63) is 39.9 Å². The fourth-order valence-corrected chi connectivity index (χ4v) is 2.17. The van der Waals surface area contributed by atoms with Gasteiger partial charge in [-0.15, -0.1) is 0 Å². The highest BCUT2D eigenvalue weighted by atomic mass is 16.6. The Morgan fingerprint density at radius 3 is 2.38 bits per heavy atom. The first kappa shape index (κ1) is 16.5. The Hall–Kier alpha value is -2.57. The third kappa shape index (κ3) is 3.71. The molecule has 0 aliphatic rings. The lowest BCUT2D eigenvalue weighted by Crippen LogP contribution is -2.33. The Morgan fingerprint density at radius 1 is 1.33 bits per heavy atom. The zero-order valence-corrected chi connectivity index (χ0v) is 11.6. The molecular weight excluding hydrogens is 278 g/mol. The SMILES string of the molecule is CCC(=O)C(c1cccc([N+](=O)[O-])c1)C(C(C)=O)C(=O)O. The summed E-state index contributed by atoms with van der Waals surface area (Å²) in [6.07, 6.45) is 0.0322. The molecule has 0 amide bonds. The van der Waals surface area contributed by atoms with Gasteiger partial charge in [-0.2, -0.15) is 0 Å². The summed E-state index contributed by atoms with van der Waals surface area (Å²) < 4.78 is 0. The van der Waals surface area contributed by atoms with Gasteiger partial charge in [-0.25, -0.2) is 0 Å². The number of rotatable bonds is 7. The minimum Gasteiger partial charge on any atom is -0.481 e. The maximum Gasteiger partial charge on any atom is 0.315 e. The summed E-state index contributed by atoms with van der Waals surface area (Å²) in [4.78, 5) is 45.1. The predicted octanol–water partition coefficient (Wildman–Crippen LogP) is 1.95. The fraction of sp³-hybridized carbons (Fsp3) is 0.357. The normalized spacial score (nSPS) is 13.2. The number of hydrogen-bond donors (Lipinski definition) is 1. The van der Waals surface area contributed by atoms with E-state index in [0.717, 1.165) is 13.0 Å². The number of nitro benzene ring substituents is 1. The molecule has 1 rings (SSSR count). The molecule has 0 saturated heterocycles. The van der Waals surface area contributed by atoms with Crippen LogP contribution in [-0.4, -0.2) is 27.6 Å². The number of carboxylic acids is 1. The van der Waals surface area contributed by atoms with Gasteiger partial charge in [0.2, 0.25) is 0 Å². The Kier molecular flexibility index (Phi) is 5.29. The van der Waals surface area contributed by atoms with Crippen molar-refractivity contribution >= 4 is 23.2 Å². The van der Waals surface area contributed by atoms with Crippen molar-refractivity contribution in [2.24, 2.45) is 5.92 Å². The van der Waals surface area contributed by atoms with Crippen LogP contribution in [0.15, 0.2) is 24.3 Å². The van der Waals surface area contributed by atoms with Crippen molar-refractivity contribution in [3.63, 3.8) is 0 Å². The molecule has 1 aromatic rings. The van der Waals surface area contributed by atoms with E-state index in [9.17, 15) is 29.6 Å². The molecule has 0 fully saturated rings. The highest BCUT2D eigenvalue weighted by Crippen LogP contribution is 2.30. The summed E-state index contributed by atoms with van der Waals surface area (Å²) in [7, 11) is 0. The number of benzene rings is 1. The van der Waals surface area contributed by atoms with Crippen LogP contribution in [0.25, 0.3) is 0 Å². The molecular formula is C14H15NO6. The minimum atomic E-state index is -1.54. The van der Waals surface area contributed by atoms with Crippen LogP contribution in [-0.2, 0) is 14.4 Å². The summed E-state index contributed by atoms with van der Waals surface area (Å²) in [5.74, 6) is -5.29. The molecule has 2 unspecified atom stereocenters. The van der Waals surface area contributed by atoms with Crippen LogP contribution < -0.4 is 0 Å². The third-order valence-electron chi connectivity index (χ3n) is 3.17. The van der Waals surface area contributed by atoms with Gasteiger partial charge >= 0.3 is 5.97 Å². The van der Waals surface area contributed by atoms with Crippen LogP contribution in [0, 0.1) is 16.0 Å². The number of nitro groups is 1. The molecule has 21 heavy (non-hydrogen) atoms. The van der Waals surface area contributed by atoms with Crippen molar-refractivity contribution in [2.75, 3.05) is 0 Å². The van der Waals surface area contributed by atoms with Gasteiger partial charge in [0.1, 0.15) is 17.5 Å². The Bertz CT molecular complexity index is 581. The van der Waals surface area contributed by atoms with E-state index in [1.54, 1.807) is 6.92 Å². The third-order valence-corrected chi connectivity index (χ3v) is 3.17. The van der Waals surface area contributed by atoms with Gasteiger partial charge in [0.05, 0.1) is 10.8 Å². The molecule has 7 nitrogen and oxygen atoms in total. The molecule has 0 aliphatic heterocycles. The van der Waals surface area contributed by atoms with E-state index < -0.39 is 34.3 Å². The topological polar surface area (TPSA) is 115 Å². The lowest BCUT2D eigenvalue weighted by Gasteiger charge is -2.20. The summed E-state index contributed by atoms with van der Waals surface area (Å²) in [5.41, 5.74) is -0.0901. The molecule has 0 radical (unpaired) electrons. The van der Waals surface area contributed by atoms with E-state index in [-0.39, 0.29) is 17.7 Å². The van der Waals surface area contributed by atoms with Gasteiger partial charge in [-0.05, 0) is 12.5 Å². The monoisotopic (exact) mass is 293 g/mol. The van der Waals surface area contributed by atoms with Crippen molar-refractivity contribution < 1.29 is 24.4 Å². The summed E-state index contributed by atoms with van der Waals surface area (Å²) in [6, 6.07) is 5.16. The smallest absolute Gasteiger partial charge is 0.315 e. The highest BCUT2D eigenvalue weighted by molar-refractivity contribution is 6.04. The Labute approximate surface area is 120 Å². The quantitative estimate of drug-likeness (QED) is 0.466. The average Bonchev–Trinajstić information content (AvgIpc) is 2.42. The Morgan fingerprint density at radius 2 is 1.95 bits per heavy atom. The van der Waals surface area contributed by atoms with E-state index in [1.807, 2.05) is 0 Å². The summed E-state index contributed by atoms with van der Waals surface area (Å²) in [6.45, 7) is 2.64. The number of Topliss-reactive ketones (excluding diaryl/α,β-unsaturated/α-hetero) is 2.